The van der Waals surface area contributed by atoms with E-state index in [-0.39, 0.29) is 0 Å². The molecule has 2 N–H and O–H groups in total. The Balaban J connectivity index is 1.97. The average Bonchev–Trinajstić information content (AvgIpc) is 2.51. The Hall–Kier alpha value is -1.06. The van der Waals surface area contributed by atoms with E-state index in [1.807, 2.05) is 0 Å². The van der Waals surface area contributed by atoms with Crippen LogP contribution in [0.4, 0.5) is 0 Å². The molecule has 0 radical (unpaired) electrons. The summed E-state index contributed by atoms with van der Waals surface area (Å²) < 4.78 is 0. The van der Waals surface area contributed by atoms with Gasteiger partial charge in [-0.2, -0.15) is 0 Å². The van der Waals surface area contributed by atoms with Crippen LogP contribution in [0.1, 0.15) is 51.4 Å². The second-order valence-electron chi connectivity index (χ2n) is 4.27. The second kappa shape index (κ2) is 8.13. The Labute approximate surface area is 97.1 Å². The van der Waals surface area contributed by atoms with Gasteiger partial charge in [-0.15, -0.1) is 0 Å². The lowest BCUT2D eigenvalue weighted by Crippen LogP contribution is -2.24. The molecule has 0 aromatic carbocycles. The minimum Gasteiger partial charge on any atom is -0.481 e. The van der Waals surface area contributed by atoms with Gasteiger partial charge in [-0.1, -0.05) is 12.8 Å². The molecule has 4 nitrogen and oxygen atoms in total. The van der Waals surface area contributed by atoms with Crippen molar-refractivity contribution in [3.05, 3.63) is 0 Å². The van der Waals surface area contributed by atoms with Gasteiger partial charge in [-0.05, 0) is 25.7 Å². The molecule has 0 bridgehead atoms. The van der Waals surface area contributed by atoms with Crippen LogP contribution in [-0.4, -0.2) is 30.0 Å². The van der Waals surface area contributed by atoms with Crippen LogP contribution in [0, 0.1) is 0 Å². The molecule has 0 saturated heterocycles. The molecule has 0 amide bonds. The highest BCUT2D eigenvalue weighted by molar-refractivity contribution is 5.82. The maximum absolute atomic E-state index is 10.3. The Morgan fingerprint density at radius 1 is 1.25 bits per heavy atom. The van der Waals surface area contributed by atoms with Crippen molar-refractivity contribution in [3.63, 3.8) is 0 Å². The van der Waals surface area contributed by atoms with E-state index < -0.39 is 5.97 Å². The van der Waals surface area contributed by atoms with Gasteiger partial charge in [-0.25, -0.2) is 0 Å². The molecule has 1 rings (SSSR count). The highest BCUT2D eigenvalue weighted by Crippen LogP contribution is 2.06. The van der Waals surface area contributed by atoms with Gasteiger partial charge in [-0.3, -0.25) is 9.79 Å². The summed E-state index contributed by atoms with van der Waals surface area (Å²) in [5, 5.41) is 11.8. The molecule has 16 heavy (non-hydrogen) atoms. The number of nitrogens with zero attached hydrogens (tertiary/aromatic N) is 1. The number of carboxylic acids is 1. The third-order valence-corrected chi connectivity index (χ3v) is 2.77. The molecule has 0 aromatic heterocycles. The number of nitrogens with one attached hydrogen (secondary N) is 1. The van der Waals surface area contributed by atoms with E-state index in [4.69, 9.17) is 5.11 Å². The molecule has 1 aliphatic rings. The number of hydrogen-bond donors (Lipinski definition) is 2. The number of carbonyl (C=O) groups is 1. The normalized spacial score (nSPS) is 16.4. The third-order valence-electron chi connectivity index (χ3n) is 2.77. The number of amidine groups is 1. The Morgan fingerprint density at radius 3 is 2.94 bits per heavy atom. The fraction of sp³-hybridized carbons (Fsp3) is 0.833. The summed E-state index contributed by atoms with van der Waals surface area (Å²) >= 11 is 0. The number of aliphatic imine (C=N–C) groups is 1. The SMILES string of the molecule is O=C(O)CCCCCNC1=NCCCCC1. The lowest BCUT2D eigenvalue weighted by molar-refractivity contribution is -0.137. The number of aliphatic carboxylic acids is 1. The van der Waals surface area contributed by atoms with E-state index in [1.54, 1.807) is 0 Å². The van der Waals surface area contributed by atoms with Crippen LogP contribution in [0.2, 0.25) is 0 Å². The first kappa shape index (κ1) is 13.0. The Morgan fingerprint density at radius 2 is 2.12 bits per heavy atom. The lowest BCUT2D eigenvalue weighted by Gasteiger charge is -2.07. The summed E-state index contributed by atoms with van der Waals surface area (Å²) in [4.78, 5) is 14.8. The van der Waals surface area contributed by atoms with Crippen LogP contribution >= 0.6 is 0 Å². The summed E-state index contributed by atoms with van der Waals surface area (Å²) in [6.45, 7) is 1.89. The monoisotopic (exact) mass is 226 g/mol. The topological polar surface area (TPSA) is 61.7 Å². The molecule has 0 aliphatic carbocycles. The quantitative estimate of drug-likeness (QED) is 0.682. The van der Waals surface area contributed by atoms with Gasteiger partial charge in [0.15, 0.2) is 0 Å². The van der Waals surface area contributed by atoms with E-state index in [1.165, 1.54) is 19.3 Å². The first-order valence-corrected chi connectivity index (χ1v) is 6.28. The minimum absolute atomic E-state index is 0.293. The molecule has 0 fully saturated rings. The zero-order chi connectivity index (χ0) is 11.6. The minimum atomic E-state index is -0.693. The lowest BCUT2D eigenvalue weighted by atomic mass is 10.2. The molecular weight excluding hydrogens is 204 g/mol. The van der Waals surface area contributed by atoms with E-state index >= 15 is 0 Å². The van der Waals surface area contributed by atoms with Crippen molar-refractivity contribution < 1.29 is 9.90 Å². The summed E-state index contributed by atoms with van der Waals surface area (Å²) in [7, 11) is 0. The van der Waals surface area contributed by atoms with Crippen LogP contribution in [0.15, 0.2) is 4.99 Å². The van der Waals surface area contributed by atoms with Crippen LogP contribution in [0.5, 0.6) is 0 Å². The molecular formula is C12H22N2O2. The standard InChI is InChI=1S/C12H22N2O2/c15-12(16)8-4-2-6-10-14-11-7-3-1-5-9-13-11/h1-10H2,(H,13,14)(H,15,16). The van der Waals surface area contributed by atoms with Gasteiger partial charge < -0.3 is 10.4 Å². The van der Waals surface area contributed by atoms with Crippen molar-refractivity contribution in [2.75, 3.05) is 13.1 Å². The van der Waals surface area contributed by atoms with Crippen LogP contribution in [0.3, 0.4) is 0 Å². The molecule has 92 valence electrons. The predicted molar refractivity (Wildman–Crippen MR) is 64.9 cm³/mol. The number of hydrogen-bond acceptors (Lipinski definition) is 3. The molecule has 0 aromatic rings. The zero-order valence-corrected chi connectivity index (χ0v) is 9.87. The first-order valence-electron chi connectivity index (χ1n) is 6.28. The van der Waals surface area contributed by atoms with Crippen LogP contribution in [-0.2, 0) is 4.79 Å². The molecule has 4 heteroatoms. The van der Waals surface area contributed by atoms with Crippen molar-refractivity contribution in [3.8, 4) is 0 Å². The van der Waals surface area contributed by atoms with Crippen molar-refractivity contribution in [1.29, 1.82) is 0 Å². The predicted octanol–water partition coefficient (Wildman–Crippen LogP) is 2.19. The van der Waals surface area contributed by atoms with Gasteiger partial charge in [0, 0.05) is 25.9 Å². The van der Waals surface area contributed by atoms with E-state index in [9.17, 15) is 4.79 Å². The van der Waals surface area contributed by atoms with Crippen molar-refractivity contribution in [2.45, 2.75) is 51.4 Å². The van der Waals surface area contributed by atoms with Crippen LogP contribution < -0.4 is 5.32 Å². The van der Waals surface area contributed by atoms with E-state index in [0.717, 1.165) is 44.6 Å². The van der Waals surface area contributed by atoms with E-state index in [2.05, 4.69) is 10.3 Å². The number of rotatable bonds is 6. The average molecular weight is 226 g/mol. The summed E-state index contributed by atoms with van der Waals surface area (Å²) in [5.74, 6) is 0.455. The fourth-order valence-electron chi connectivity index (χ4n) is 1.83. The maximum atomic E-state index is 10.3. The highest BCUT2D eigenvalue weighted by Gasteiger charge is 2.03. The molecule has 0 atom stereocenters. The van der Waals surface area contributed by atoms with Gasteiger partial charge in [0.25, 0.3) is 0 Å². The summed E-state index contributed by atoms with van der Waals surface area (Å²) in [5.41, 5.74) is 0. The Kier molecular flexibility index (Phi) is 6.61. The largest absolute Gasteiger partial charge is 0.481 e. The summed E-state index contributed by atoms with van der Waals surface area (Å²) in [6, 6.07) is 0. The maximum Gasteiger partial charge on any atom is 0.303 e. The second-order valence-corrected chi connectivity index (χ2v) is 4.27. The molecule has 1 aliphatic heterocycles. The fourth-order valence-corrected chi connectivity index (χ4v) is 1.83. The molecule has 1 heterocycles. The molecule has 0 saturated carbocycles. The molecule has 0 unspecified atom stereocenters. The summed E-state index contributed by atoms with van der Waals surface area (Å²) in [6.07, 6.45) is 7.90. The number of unbranched alkanes of at least 4 members (excludes halogenated alkanes) is 2. The zero-order valence-electron chi connectivity index (χ0n) is 9.87. The third kappa shape index (κ3) is 6.43. The number of carboxylic acid groups (broad SMARTS) is 1. The van der Waals surface area contributed by atoms with Crippen molar-refractivity contribution in [1.82, 2.24) is 5.32 Å². The van der Waals surface area contributed by atoms with Crippen molar-refractivity contribution in [2.24, 2.45) is 4.99 Å². The molecule has 0 spiro atoms. The smallest absolute Gasteiger partial charge is 0.303 e. The van der Waals surface area contributed by atoms with Gasteiger partial charge in [0.2, 0.25) is 0 Å². The van der Waals surface area contributed by atoms with Gasteiger partial charge in [0.1, 0.15) is 0 Å². The first-order chi connectivity index (χ1) is 7.79. The Bertz CT molecular complexity index is 239. The van der Waals surface area contributed by atoms with Crippen LogP contribution in [0.25, 0.3) is 0 Å². The van der Waals surface area contributed by atoms with E-state index in [0.29, 0.717) is 6.42 Å². The van der Waals surface area contributed by atoms with Crippen molar-refractivity contribution >= 4 is 11.8 Å². The van der Waals surface area contributed by atoms with Gasteiger partial charge in [0.05, 0.1) is 5.84 Å². The highest BCUT2D eigenvalue weighted by atomic mass is 16.4. The van der Waals surface area contributed by atoms with Gasteiger partial charge >= 0.3 is 5.97 Å².